The van der Waals surface area contributed by atoms with E-state index in [9.17, 15) is 0 Å². The Kier molecular flexibility index (Phi) is 4.21. The summed E-state index contributed by atoms with van der Waals surface area (Å²) in [5, 5.41) is 12.0. The fourth-order valence-electron chi connectivity index (χ4n) is 3.42. The van der Waals surface area contributed by atoms with Crippen LogP contribution < -0.4 is 15.1 Å². The number of nitrogens with zero attached hydrogens (tertiary/aromatic N) is 7. The third-order valence-corrected chi connectivity index (χ3v) is 4.92. The van der Waals surface area contributed by atoms with Gasteiger partial charge in [0.2, 0.25) is 5.95 Å². The lowest BCUT2D eigenvalue weighted by Crippen LogP contribution is -2.36. The highest BCUT2D eigenvalue weighted by Gasteiger charge is 2.18. The van der Waals surface area contributed by atoms with Gasteiger partial charge in [0.25, 0.3) is 0 Å². The molecule has 9 heteroatoms. The molecule has 9 nitrogen and oxygen atoms in total. The largest absolute Gasteiger partial charge is 0.378 e. The molecule has 1 aromatic carbocycles. The number of rotatable bonds is 4. The van der Waals surface area contributed by atoms with Gasteiger partial charge in [-0.3, -0.25) is 4.68 Å². The molecule has 1 N–H and O–H groups in total. The van der Waals surface area contributed by atoms with Gasteiger partial charge in [0.15, 0.2) is 5.82 Å². The molecule has 0 atom stereocenters. The molecule has 0 spiro atoms. The summed E-state index contributed by atoms with van der Waals surface area (Å²) in [4.78, 5) is 9.06. The summed E-state index contributed by atoms with van der Waals surface area (Å²) in [6, 6.07) is 8.35. The molecule has 0 unspecified atom stereocenters. The van der Waals surface area contributed by atoms with Crippen LogP contribution in [-0.2, 0) is 18.3 Å². The van der Waals surface area contributed by atoms with E-state index < -0.39 is 0 Å². The maximum atomic E-state index is 5.41. The van der Waals surface area contributed by atoms with Gasteiger partial charge in [0.05, 0.1) is 31.6 Å². The third kappa shape index (κ3) is 3.31. The zero-order valence-electron chi connectivity index (χ0n) is 15.7. The normalized spacial score (nSPS) is 16.3. The SMILES string of the molecule is Cn1cc(N2C=Cn3nc(Nc4ccc(N5CCOCC5)cc4)nc3C2)cn1. The van der Waals surface area contributed by atoms with E-state index in [1.54, 1.807) is 9.36 Å². The van der Waals surface area contributed by atoms with Crippen molar-refractivity contribution in [3.05, 3.63) is 48.7 Å². The molecule has 2 aliphatic heterocycles. The second kappa shape index (κ2) is 7.01. The van der Waals surface area contributed by atoms with E-state index in [0.29, 0.717) is 12.5 Å². The van der Waals surface area contributed by atoms with Gasteiger partial charge < -0.3 is 19.9 Å². The Balaban J connectivity index is 1.27. The van der Waals surface area contributed by atoms with Crippen molar-refractivity contribution < 1.29 is 4.74 Å². The molecule has 2 aliphatic rings. The van der Waals surface area contributed by atoms with E-state index in [1.165, 1.54) is 5.69 Å². The van der Waals surface area contributed by atoms with Crippen molar-refractivity contribution in [3.8, 4) is 0 Å². The van der Waals surface area contributed by atoms with E-state index in [0.717, 1.165) is 43.5 Å². The molecule has 1 fully saturated rings. The maximum absolute atomic E-state index is 5.41. The van der Waals surface area contributed by atoms with Crippen molar-refractivity contribution in [1.82, 2.24) is 24.5 Å². The summed E-state index contributed by atoms with van der Waals surface area (Å²) < 4.78 is 9.00. The monoisotopic (exact) mass is 378 g/mol. The zero-order valence-corrected chi connectivity index (χ0v) is 15.7. The van der Waals surface area contributed by atoms with Crippen LogP contribution in [0, 0.1) is 0 Å². The van der Waals surface area contributed by atoms with E-state index in [1.807, 2.05) is 31.8 Å². The van der Waals surface area contributed by atoms with Crippen LogP contribution in [0.4, 0.5) is 23.0 Å². The summed E-state index contributed by atoms with van der Waals surface area (Å²) in [5.74, 6) is 1.46. The van der Waals surface area contributed by atoms with Crippen LogP contribution in [0.5, 0.6) is 0 Å². The Labute approximate surface area is 162 Å². The highest BCUT2D eigenvalue weighted by Crippen LogP contribution is 2.23. The number of anilines is 4. The average molecular weight is 378 g/mol. The molecular formula is C19H22N8O. The first-order valence-corrected chi connectivity index (χ1v) is 9.33. The summed E-state index contributed by atoms with van der Waals surface area (Å²) in [6.07, 6.45) is 7.71. The molecular weight excluding hydrogens is 356 g/mol. The molecule has 1 saturated heterocycles. The maximum Gasteiger partial charge on any atom is 0.247 e. The van der Waals surface area contributed by atoms with Crippen molar-refractivity contribution in [3.63, 3.8) is 0 Å². The Morgan fingerprint density at radius 2 is 1.86 bits per heavy atom. The van der Waals surface area contributed by atoms with Gasteiger partial charge in [0, 0.05) is 50.1 Å². The van der Waals surface area contributed by atoms with Crippen LogP contribution >= 0.6 is 0 Å². The first-order valence-electron chi connectivity index (χ1n) is 9.33. The van der Waals surface area contributed by atoms with E-state index in [2.05, 4.69) is 54.6 Å². The Hall–Kier alpha value is -3.33. The zero-order chi connectivity index (χ0) is 18.9. The van der Waals surface area contributed by atoms with Gasteiger partial charge in [0.1, 0.15) is 0 Å². The predicted molar refractivity (Wildman–Crippen MR) is 107 cm³/mol. The van der Waals surface area contributed by atoms with Gasteiger partial charge in [-0.2, -0.15) is 10.1 Å². The summed E-state index contributed by atoms with van der Waals surface area (Å²) in [7, 11) is 1.91. The van der Waals surface area contributed by atoms with E-state index in [-0.39, 0.29) is 0 Å². The first kappa shape index (κ1) is 16.8. The minimum Gasteiger partial charge on any atom is -0.378 e. The van der Waals surface area contributed by atoms with Gasteiger partial charge >= 0.3 is 0 Å². The van der Waals surface area contributed by atoms with Crippen LogP contribution in [0.1, 0.15) is 5.82 Å². The lowest BCUT2D eigenvalue weighted by Gasteiger charge is -2.28. The Bertz CT molecular complexity index is 984. The fourth-order valence-corrected chi connectivity index (χ4v) is 3.42. The quantitative estimate of drug-likeness (QED) is 0.744. The van der Waals surface area contributed by atoms with Crippen molar-refractivity contribution in [2.75, 3.05) is 41.4 Å². The number of hydrogen-bond donors (Lipinski definition) is 1. The lowest BCUT2D eigenvalue weighted by molar-refractivity contribution is 0.122. The fraction of sp³-hybridized carbons (Fsp3) is 0.316. The second-order valence-electron chi connectivity index (χ2n) is 6.87. The summed E-state index contributed by atoms with van der Waals surface area (Å²) >= 11 is 0. The molecule has 3 aromatic rings. The topological polar surface area (TPSA) is 76.3 Å². The highest BCUT2D eigenvalue weighted by molar-refractivity contribution is 5.60. The van der Waals surface area contributed by atoms with E-state index >= 15 is 0 Å². The predicted octanol–water partition coefficient (Wildman–Crippen LogP) is 2.04. The number of benzene rings is 1. The summed E-state index contributed by atoms with van der Waals surface area (Å²) in [5.41, 5.74) is 3.20. The first-order chi connectivity index (χ1) is 13.7. The molecule has 4 heterocycles. The minimum absolute atomic E-state index is 0.590. The molecule has 0 saturated carbocycles. The van der Waals surface area contributed by atoms with Crippen molar-refractivity contribution in [2.24, 2.45) is 7.05 Å². The van der Waals surface area contributed by atoms with Crippen LogP contribution in [0.3, 0.4) is 0 Å². The highest BCUT2D eigenvalue weighted by atomic mass is 16.5. The number of fused-ring (bicyclic) bond motifs is 1. The number of nitrogens with one attached hydrogen (secondary N) is 1. The summed E-state index contributed by atoms with van der Waals surface area (Å²) in [6.45, 7) is 4.08. The number of hydrogen-bond acceptors (Lipinski definition) is 7. The van der Waals surface area contributed by atoms with E-state index in [4.69, 9.17) is 4.74 Å². The number of ether oxygens (including phenoxy) is 1. The molecule has 0 radical (unpaired) electrons. The minimum atomic E-state index is 0.590. The van der Waals surface area contributed by atoms with Gasteiger partial charge in [-0.25, -0.2) is 4.68 Å². The molecule has 0 amide bonds. The van der Waals surface area contributed by atoms with Crippen molar-refractivity contribution in [1.29, 1.82) is 0 Å². The van der Waals surface area contributed by atoms with Crippen molar-refractivity contribution in [2.45, 2.75) is 6.54 Å². The standard InChI is InChI=1S/C19H22N8O/c1-24-13-17(12-20-24)26-6-7-27-18(14-26)22-19(23-27)21-15-2-4-16(5-3-15)25-8-10-28-11-9-25/h2-7,12-13H,8-11,14H2,1H3,(H,21,23). The lowest BCUT2D eigenvalue weighted by atomic mass is 10.2. The smallest absolute Gasteiger partial charge is 0.247 e. The van der Waals surface area contributed by atoms with Gasteiger partial charge in [-0.15, -0.1) is 5.10 Å². The molecule has 2 aromatic heterocycles. The average Bonchev–Trinajstić information content (AvgIpc) is 3.34. The number of aryl methyl sites for hydroxylation is 1. The van der Waals surface area contributed by atoms with Crippen LogP contribution in [-0.4, -0.2) is 50.8 Å². The van der Waals surface area contributed by atoms with Crippen LogP contribution in [0.2, 0.25) is 0 Å². The molecule has 0 bridgehead atoms. The van der Waals surface area contributed by atoms with Gasteiger partial charge in [-0.05, 0) is 24.3 Å². The Morgan fingerprint density at radius 1 is 1.04 bits per heavy atom. The van der Waals surface area contributed by atoms with Crippen LogP contribution in [0.15, 0.2) is 42.9 Å². The van der Waals surface area contributed by atoms with Crippen LogP contribution in [0.25, 0.3) is 6.20 Å². The van der Waals surface area contributed by atoms with Crippen molar-refractivity contribution >= 4 is 29.2 Å². The molecule has 5 rings (SSSR count). The van der Waals surface area contributed by atoms with Gasteiger partial charge in [-0.1, -0.05) is 0 Å². The molecule has 144 valence electrons. The molecule has 28 heavy (non-hydrogen) atoms. The molecule has 0 aliphatic carbocycles. The second-order valence-corrected chi connectivity index (χ2v) is 6.87. The number of aromatic nitrogens is 5. The Morgan fingerprint density at radius 3 is 2.61 bits per heavy atom. The third-order valence-electron chi connectivity index (χ3n) is 4.92. The number of morpholine rings is 1.